The van der Waals surface area contributed by atoms with Gasteiger partial charge in [-0.25, -0.2) is 0 Å². The van der Waals surface area contributed by atoms with Crippen molar-refractivity contribution >= 4 is 11.9 Å². The number of nitrogens with one attached hydrogen (secondary N) is 1. The minimum atomic E-state index is -0.493. The second-order valence-electron chi connectivity index (χ2n) is 5.67. The van der Waals surface area contributed by atoms with Crippen molar-refractivity contribution in [2.45, 2.75) is 70.4 Å². The first-order chi connectivity index (χ1) is 8.57. The van der Waals surface area contributed by atoms with Gasteiger partial charge in [-0.2, -0.15) is 0 Å². The molecule has 2 aliphatic rings. The van der Waals surface area contributed by atoms with Crippen molar-refractivity contribution in [3.8, 4) is 0 Å². The quantitative estimate of drug-likeness (QED) is 0.784. The molecule has 1 spiro atoms. The van der Waals surface area contributed by atoms with Crippen molar-refractivity contribution in [3.63, 3.8) is 0 Å². The summed E-state index contributed by atoms with van der Waals surface area (Å²) in [6, 6.07) is 0.161. The third kappa shape index (κ3) is 2.52. The normalized spacial score (nSPS) is 27.9. The van der Waals surface area contributed by atoms with Gasteiger partial charge in [-0.15, -0.1) is 0 Å². The Morgan fingerprint density at radius 1 is 1.44 bits per heavy atom. The van der Waals surface area contributed by atoms with Crippen molar-refractivity contribution in [1.29, 1.82) is 0 Å². The van der Waals surface area contributed by atoms with Crippen LogP contribution in [0.25, 0.3) is 0 Å². The molecular weight excluding hydrogens is 230 g/mol. The van der Waals surface area contributed by atoms with Crippen molar-refractivity contribution in [3.05, 3.63) is 0 Å². The molecule has 1 amide bonds. The van der Waals surface area contributed by atoms with Crippen LogP contribution >= 0.6 is 0 Å². The third-order valence-corrected chi connectivity index (χ3v) is 4.34. The zero-order valence-corrected chi connectivity index (χ0v) is 11.3. The van der Waals surface area contributed by atoms with E-state index in [1.165, 1.54) is 6.42 Å². The minimum Gasteiger partial charge on any atom is -0.458 e. The van der Waals surface area contributed by atoms with Crippen LogP contribution in [0.2, 0.25) is 0 Å². The highest BCUT2D eigenvalue weighted by Gasteiger charge is 2.52. The van der Waals surface area contributed by atoms with E-state index >= 15 is 0 Å². The number of hydrogen-bond donors (Lipinski definition) is 1. The number of rotatable bonds is 3. The van der Waals surface area contributed by atoms with E-state index in [0.717, 1.165) is 32.1 Å². The van der Waals surface area contributed by atoms with Gasteiger partial charge in [0, 0.05) is 6.04 Å². The van der Waals surface area contributed by atoms with Crippen LogP contribution in [-0.2, 0) is 14.3 Å². The lowest BCUT2D eigenvalue weighted by molar-refractivity contribution is -0.153. The zero-order valence-electron chi connectivity index (χ0n) is 11.3. The summed E-state index contributed by atoms with van der Waals surface area (Å²) >= 11 is 0. The fourth-order valence-corrected chi connectivity index (χ4v) is 3.07. The third-order valence-electron chi connectivity index (χ3n) is 4.34. The predicted molar refractivity (Wildman–Crippen MR) is 67.9 cm³/mol. The molecule has 0 unspecified atom stereocenters. The maximum Gasteiger partial charge on any atom is 0.307 e. The molecule has 0 aromatic rings. The SMILES string of the molecule is CC[C@H](C)NC(=O)[C@H]1CC(=O)OC12CCCCC2. The fraction of sp³-hybridized carbons (Fsp3) is 0.857. The zero-order chi connectivity index (χ0) is 13.2. The molecule has 0 bridgehead atoms. The van der Waals surface area contributed by atoms with Gasteiger partial charge in [0.05, 0.1) is 12.3 Å². The molecular formula is C14H23NO3. The summed E-state index contributed by atoms with van der Waals surface area (Å²) in [5.41, 5.74) is -0.493. The number of esters is 1. The number of hydrogen-bond acceptors (Lipinski definition) is 3. The first-order valence-corrected chi connectivity index (χ1v) is 7.09. The number of carbonyl (C=O) groups is 2. The Labute approximate surface area is 108 Å². The summed E-state index contributed by atoms with van der Waals surface area (Å²) in [6.45, 7) is 4.03. The van der Waals surface area contributed by atoms with Gasteiger partial charge in [0.15, 0.2) is 0 Å². The monoisotopic (exact) mass is 253 g/mol. The lowest BCUT2D eigenvalue weighted by Crippen LogP contribution is -2.47. The average molecular weight is 253 g/mol. The molecule has 4 nitrogen and oxygen atoms in total. The molecule has 0 aromatic carbocycles. The Kier molecular flexibility index (Phi) is 3.93. The van der Waals surface area contributed by atoms with Gasteiger partial charge in [-0.3, -0.25) is 9.59 Å². The number of amides is 1. The molecule has 2 fully saturated rings. The van der Waals surface area contributed by atoms with E-state index in [1.54, 1.807) is 0 Å². The molecule has 2 atom stereocenters. The van der Waals surface area contributed by atoms with Crippen LogP contribution in [0, 0.1) is 5.92 Å². The van der Waals surface area contributed by atoms with Crippen LogP contribution in [0.1, 0.15) is 58.8 Å². The smallest absolute Gasteiger partial charge is 0.307 e. The molecule has 1 N–H and O–H groups in total. The van der Waals surface area contributed by atoms with Crippen molar-refractivity contribution in [2.24, 2.45) is 5.92 Å². The summed E-state index contributed by atoms with van der Waals surface area (Å²) < 4.78 is 5.54. The molecule has 0 radical (unpaired) electrons. The van der Waals surface area contributed by atoms with Crippen molar-refractivity contribution < 1.29 is 14.3 Å². The maximum absolute atomic E-state index is 12.3. The highest BCUT2D eigenvalue weighted by molar-refractivity contribution is 5.88. The summed E-state index contributed by atoms with van der Waals surface area (Å²) in [5.74, 6) is -0.488. The topological polar surface area (TPSA) is 55.4 Å². The largest absolute Gasteiger partial charge is 0.458 e. The second kappa shape index (κ2) is 5.29. The minimum absolute atomic E-state index is 0.00269. The molecule has 2 rings (SSSR count). The molecule has 4 heteroatoms. The van der Waals surface area contributed by atoms with Gasteiger partial charge in [0.2, 0.25) is 5.91 Å². The van der Waals surface area contributed by atoms with E-state index in [2.05, 4.69) is 5.32 Å². The van der Waals surface area contributed by atoms with Gasteiger partial charge in [-0.1, -0.05) is 13.3 Å². The molecule has 18 heavy (non-hydrogen) atoms. The number of ether oxygens (including phenoxy) is 1. The Hall–Kier alpha value is -1.06. The molecule has 1 aliphatic heterocycles. The highest BCUT2D eigenvalue weighted by atomic mass is 16.6. The Morgan fingerprint density at radius 2 is 2.11 bits per heavy atom. The summed E-state index contributed by atoms with van der Waals surface area (Å²) in [5, 5.41) is 2.99. The standard InChI is InChI=1S/C14H23NO3/c1-3-10(2)15-13(17)11-9-12(16)18-14(11)7-5-4-6-8-14/h10-11H,3-9H2,1-2H3,(H,15,17)/t10-,11+/m0/s1. The van der Waals surface area contributed by atoms with Gasteiger partial charge in [0.1, 0.15) is 5.60 Å². The van der Waals surface area contributed by atoms with E-state index in [0.29, 0.717) is 0 Å². The first kappa shape index (κ1) is 13.4. The van der Waals surface area contributed by atoms with Gasteiger partial charge < -0.3 is 10.1 Å². The summed E-state index contributed by atoms with van der Waals surface area (Å²) in [4.78, 5) is 23.9. The lowest BCUT2D eigenvalue weighted by Gasteiger charge is -2.36. The molecule has 1 saturated heterocycles. The highest BCUT2D eigenvalue weighted by Crippen LogP contribution is 2.44. The molecule has 1 saturated carbocycles. The Morgan fingerprint density at radius 3 is 2.72 bits per heavy atom. The summed E-state index contributed by atoms with van der Waals surface area (Å²) in [6.07, 6.45) is 6.14. The van der Waals surface area contributed by atoms with Crippen LogP contribution in [0.4, 0.5) is 0 Å². The first-order valence-electron chi connectivity index (χ1n) is 7.09. The average Bonchev–Trinajstić information content (AvgIpc) is 2.66. The van der Waals surface area contributed by atoms with Crippen LogP contribution in [-0.4, -0.2) is 23.5 Å². The molecule has 0 aromatic heterocycles. The lowest BCUT2D eigenvalue weighted by atomic mass is 9.75. The molecule has 1 heterocycles. The van der Waals surface area contributed by atoms with Crippen LogP contribution in [0.5, 0.6) is 0 Å². The maximum atomic E-state index is 12.3. The van der Waals surface area contributed by atoms with Crippen LogP contribution < -0.4 is 5.32 Å². The van der Waals surface area contributed by atoms with Gasteiger partial charge >= 0.3 is 5.97 Å². The predicted octanol–water partition coefficient (Wildman–Crippen LogP) is 2.17. The van der Waals surface area contributed by atoms with Crippen molar-refractivity contribution in [1.82, 2.24) is 5.32 Å². The van der Waals surface area contributed by atoms with E-state index in [4.69, 9.17) is 4.74 Å². The molecule has 102 valence electrons. The summed E-state index contributed by atoms with van der Waals surface area (Å²) in [7, 11) is 0. The molecule has 1 aliphatic carbocycles. The van der Waals surface area contributed by atoms with E-state index in [-0.39, 0.29) is 30.3 Å². The fourth-order valence-electron chi connectivity index (χ4n) is 3.07. The van der Waals surface area contributed by atoms with Crippen LogP contribution in [0.3, 0.4) is 0 Å². The second-order valence-corrected chi connectivity index (χ2v) is 5.67. The van der Waals surface area contributed by atoms with Gasteiger partial charge in [0.25, 0.3) is 0 Å². The van der Waals surface area contributed by atoms with E-state index in [9.17, 15) is 9.59 Å². The Balaban J connectivity index is 2.09. The van der Waals surface area contributed by atoms with Gasteiger partial charge in [-0.05, 0) is 39.0 Å². The number of carbonyl (C=O) groups excluding carboxylic acids is 2. The van der Waals surface area contributed by atoms with Crippen LogP contribution in [0.15, 0.2) is 0 Å². The van der Waals surface area contributed by atoms with E-state index in [1.807, 2.05) is 13.8 Å². The van der Waals surface area contributed by atoms with Crippen molar-refractivity contribution in [2.75, 3.05) is 0 Å². The Bertz CT molecular complexity index is 334. The van der Waals surface area contributed by atoms with E-state index < -0.39 is 5.60 Å².